The van der Waals surface area contributed by atoms with Gasteiger partial charge in [-0.3, -0.25) is 9.59 Å². The fourth-order valence-corrected chi connectivity index (χ4v) is 4.37. The number of aromatic amines is 1. The van der Waals surface area contributed by atoms with E-state index in [1.807, 2.05) is 37.3 Å². The van der Waals surface area contributed by atoms with Gasteiger partial charge in [0.1, 0.15) is 5.60 Å². The fourth-order valence-electron chi connectivity index (χ4n) is 4.37. The van der Waals surface area contributed by atoms with Crippen LogP contribution < -0.4 is 10.9 Å². The summed E-state index contributed by atoms with van der Waals surface area (Å²) in [6.45, 7) is 3.11. The highest BCUT2D eigenvalue weighted by Gasteiger charge is 2.45. The van der Waals surface area contributed by atoms with Gasteiger partial charge in [0.25, 0.3) is 11.5 Å². The average Bonchev–Trinajstić information content (AvgIpc) is 3.23. The summed E-state index contributed by atoms with van der Waals surface area (Å²) in [5, 5.41) is 7.43. The maximum atomic E-state index is 13.2. The van der Waals surface area contributed by atoms with Gasteiger partial charge in [-0.25, -0.2) is 0 Å². The molecule has 2 aromatic heterocycles. The lowest BCUT2D eigenvalue weighted by molar-refractivity contribution is -0.162. The molecule has 5 rings (SSSR count). The molecular formula is C23H27N5O4. The van der Waals surface area contributed by atoms with Crippen LogP contribution in [0, 0.1) is 0 Å². The Morgan fingerprint density at radius 3 is 2.66 bits per heavy atom. The first-order valence-corrected chi connectivity index (χ1v) is 11.1. The Hall–Kier alpha value is -3.04. The molecule has 1 aliphatic heterocycles. The van der Waals surface area contributed by atoms with Gasteiger partial charge in [-0.05, 0) is 19.8 Å². The maximum Gasteiger partial charge on any atom is 0.275 e. The van der Waals surface area contributed by atoms with Crippen LogP contribution in [0.2, 0.25) is 0 Å². The second kappa shape index (κ2) is 8.14. The Bertz CT molecular complexity index is 1180. The smallest absolute Gasteiger partial charge is 0.275 e. The number of amides is 1. The number of H-pyrrole nitrogens is 1. The van der Waals surface area contributed by atoms with E-state index in [4.69, 9.17) is 9.47 Å². The predicted octanol–water partition coefficient (Wildman–Crippen LogP) is 2.21. The topological polar surface area (TPSA) is 111 Å². The third kappa shape index (κ3) is 3.93. The van der Waals surface area contributed by atoms with E-state index < -0.39 is 5.60 Å². The van der Waals surface area contributed by atoms with E-state index in [0.29, 0.717) is 43.4 Å². The second-order valence-electron chi connectivity index (χ2n) is 9.02. The Kier molecular flexibility index (Phi) is 5.30. The molecule has 2 aliphatic rings. The highest BCUT2D eigenvalue weighted by atomic mass is 16.5. The summed E-state index contributed by atoms with van der Waals surface area (Å²) < 4.78 is 12.8. The summed E-state index contributed by atoms with van der Waals surface area (Å²) in [5.74, 6) is 0.715. The summed E-state index contributed by atoms with van der Waals surface area (Å²) in [6.07, 6.45) is 4.27. The van der Waals surface area contributed by atoms with Gasteiger partial charge in [0.2, 0.25) is 5.78 Å². The highest BCUT2D eigenvalue weighted by molar-refractivity contribution is 5.86. The number of carbonyl (C=O) groups excluding carboxylic acids is 1. The molecule has 0 bridgehead atoms. The van der Waals surface area contributed by atoms with E-state index in [0.717, 1.165) is 24.8 Å². The SMILES string of the molecule is CC1(NC(=O)C2(OCc3cc(=O)n4nc(-c5ccccc5)nc4[nH]3)CCCCC2)COC1. The van der Waals surface area contributed by atoms with Crippen LogP contribution in [0.15, 0.2) is 41.2 Å². The standard InChI is InChI=1S/C23H27N5O4/c1-22(14-31-15-22)26-20(30)23(10-6-3-7-11-23)32-13-17-12-18(29)28-21(24-17)25-19(27-28)16-8-4-2-5-9-16/h2,4-5,8-9,12H,3,6-7,10-11,13-15H2,1H3,(H,26,30)(H,24,25,27). The molecule has 3 aromatic rings. The van der Waals surface area contributed by atoms with Gasteiger partial charge < -0.3 is 19.8 Å². The van der Waals surface area contributed by atoms with Crippen molar-refractivity contribution < 1.29 is 14.3 Å². The average molecular weight is 438 g/mol. The van der Waals surface area contributed by atoms with Crippen LogP contribution in [0.3, 0.4) is 0 Å². The molecule has 1 saturated carbocycles. The predicted molar refractivity (Wildman–Crippen MR) is 117 cm³/mol. The number of aromatic nitrogens is 4. The molecule has 2 N–H and O–H groups in total. The minimum atomic E-state index is -0.900. The molecule has 1 amide bonds. The van der Waals surface area contributed by atoms with E-state index in [1.165, 1.54) is 10.6 Å². The zero-order chi connectivity index (χ0) is 22.2. The number of fused-ring (bicyclic) bond motifs is 1. The van der Waals surface area contributed by atoms with E-state index >= 15 is 0 Å². The summed E-state index contributed by atoms with van der Waals surface area (Å²) in [7, 11) is 0. The van der Waals surface area contributed by atoms with E-state index in [1.54, 1.807) is 0 Å². The van der Waals surface area contributed by atoms with Crippen LogP contribution in [-0.4, -0.2) is 49.8 Å². The lowest BCUT2D eigenvalue weighted by Crippen LogP contribution is -2.64. The van der Waals surface area contributed by atoms with Gasteiger partial charge in [-0.2, -0.15) is 9.50 Å². The van der Waals surface area contributed by atoms with Crippen LogP contribution in [0.25, 0.3) is 17.2 Å². The summed E-state index contributed by atoms with van der Waals surface area (Å²) in [5.41, 5.74) is -0.150. The van der Waals surface area contributed by atoms with Crippen LogP contribution in [0.1, 0.15) is 44.7 Å². The maximum absolute atomic E-state index is 13.2. The molecule has 9 nitrogen and oxygen atoms in total. The molecule has 1 aliphatic carbocycles. The molecule has 0 radical (unpaired) electrons. The van der Waals surface area contributed by atoms with E-state index in [9.17, 15) is 9.59 Å². The van der Waals surface area contributed by atoms with E-state index in [-0.39, 0.29) is 23.6 Å². The van der Waals surface area contributed by atoms with Gasteiger partial charge in [0.15, 0.2) is 5.82 Å². The molecular weight excluding hydrogens is 410 g/mol. The third-order valence-corrected chi connectivity index (χ3v) is 6.25. The molecule has 1 saturated heterocycles. The van der Waals surface area contributed by atoms with Crippen LogP contribution in [-0.2, 0) is 20.9 Å². The first kappa shape index (κ1) is 20.8. The van der Waals surface area contributed by atoms with Crippen LogP contribution in [0.5, 0.6) is 0 Å². The monoisotopic (exact) mass is 437 g/mol. The van der Waals surface area contributed by atoms with Crippen molar-refractivity contribution in [3.63, 3.8) is 0 Å². The lowest BCUT2D eigenvalue weighted by Gasteiger charge is -2.43. The molecule has 1 aromatic carbocycles. The second-order valence-corrected chi connectivity index (χ2v) is 9.02. The van der Waals surface area contributed by atoms with Crippen molar-refractivity contribution in [2.24, 2.45) is 0 Å². The van der Waals surface area contributed by atoms with E-state index in [2.05, 4.69) is 20.4 Å². The summed E-state index contributed by atoms with van der Waals surface area (Å²) in [4.78, 5) is 33.4. The minimum absolute atomic E-state index is 0.0970. The zero-order valence-corrected chi connectivity index (χ0v) is 18.1. The largest absolute Gasteiger partial charge is 0.376 e. The highest BCUT2D eigenvalue weighted by Crippen LogP contribution is 2.34. The van der Waals surface area contributed by atoms with Gasteiger partial charge in [0, 0.05) is 17.3 Å². The number of carbonyl (C=O) groups is 1. The number of benzene rings is 1. The number of nitrogens with zero attached hydrogens (tertiary/aromatic N) is 3. The van der Waals surface area contributed by atoms with Gasteiger partial charge in [-0.1, -0.05) is 49.6 Å². The molecule has 9 heteroatoms. The number of rotatable bonds is 6. The first-order valence-electron chi connectivity index (χ1n) is 11.1. The normalized spacial score (nSPS) is 19.4. The number of hydrogen-bond donors (Lipinski definition) is 2. The zero-order valence-electron chi connectivity index (χ0n) is 18.1. The van der Waals surface area contributed by atoms with Crippen molar-refractivity contribution in [3.05, 3.63) is 52.4 Å². The molecule has 0 atom stereocenters. The van der Waals surface area contributed by atoms with Crippen molar-refractivity contribution in [1.29, 1.82) is 0 Å². The van der Waals surface area contributed by atoms with Crippen LogP contribution in [0.4, 0.5) is 0 Å². The Morgan fingerprint density at radius 1 is 1.22 bits per heavy atom. The molecule has 0 unspecified atom stereocenters. The van der Waals surface area contributed by atoms with Crippen molar-refractivity contribution in [1.82, 2.24) is 24.9 Å². The number of nitrogens with one attached hydrogen (secondary N) is 2. The van der Waals surface area contributed by atoms with Crippen molar-refractivity contribution >= 4 is 11.7 Å². The first-order chi connectivity index (χ1) is 15.5. The molecule has 2 fully saturated rings. The molecule has 0 spiro atoms. The lowest BCUT2D eigenvalue weighted by atomic mass is 9.83. The Morgan fingerprint density at radius 2 is 1.97 bits per heavy atom. The van der Waals surface area contributed by atoms with Crippen LogP contribution >= 0.6 is 0 Å². The Labute approximate surface area is 185 Å². The molecule has 3 heterocycles. The number of ether oxygens (including phenoxy) is 2. The Balaban J connectivity index is 1.37. The van der Waals surface area contributed by atoms with Gasteiger partial charge >= 0.3 is 0 Å². The number of hydrogen-bond acceptors (Lipinski definition) is 6. The summed E-state index contributed by atoms with van der Waals surface area (Å²) in [6, 6.07) is 10.9. The van der Waals surface area contributed by atoms with Gasteiger partial charge in [0.05, 0.1) is 25.4 Å². The molecule has 32 heavy (non-hydrogen) atoms. The van der Waals surface area contributed by atoms with Crippen molar-refractivity contribution in [2.75, 3.05) is 13.2 Å². The fraction of sp³-hybridized carbons (Fsp3) is 0.478. The quantitative estimate of drug-likeness (QED) is 0.612. The van der Waals surface area contributed by atoms with Gasteiger partial charge in [-0.15, -0.1) is 5.10 Å². The molecule has 168 valence electrons. The van der Waals surface area contributed by atoms with Crippen molar-refractivity contribution in [3.8, 4) is 11.4 Å². The van der Waals surface area contributed by atoms with Crippen molar-refractivity contribution in [2.45, 2.75) is 56.8 Å². The minimum Gasteiger partial charge on any atom is -0.376 e. The third-order valence-electron chi connectivity index (χ3n) is 6.25. The summed E-state index contributed by atoms with van der Waals surface area (Å²) >= 11 is 0.